The normalized spacial score (nSPS) is 11.6. The number of hydrogen-bond donors (Lipinski definition) is 1. The van der Waals surface area contributed by atoms with Crippen LogP contribution in [0.2, 0.25) is 0 Å². The second kappa shape index (κ2) is 12.4. The van der Waals surface area contributed by atoms with E-state index in [1.165, 1.54) is 38.2 Å². The Morgan fingerprint density at radius 3 is 2.39 bits per heavy atom. The first-order chi connectivity index (χ1) is 8.66. The smallest absolute Gasteiger partial charge is 0.332 e. The van der Waals surface area contributed by atoms with E-state index in [9.17, 15) is 4.79 Å². The maximum atomic E-state index is 11.1. The van der Waals surface area contributed by atoms with E-state index in [0.717, 1.165) is 13.0 Å². The van der Waals surface area contributed by atoms with E-state index >= 15 is 0 Å². The van der Waals surface area contributed by atoms with Crippen molar-refractivity contribution in [3.63, 3.8) is 0 Å². The molecule has 0 spiro atoms. The first kappa shape index (κ1) is 17.0. The highest BCUT2D eigenvalue weighted by atomic mass is 16.6. The molecule has 4 nitrogen and oxygen atoms in total. The molecular formula is C14H27NO3. The number of unbranched alkanes of at least 4 members (excludes halogenated alkanes) is 5. The lowest BCUT2D eigenvalue weighted by atomic mass is 10.1. The molecule has 106 valence electrons. The summed E-state index contributed by atoms with van der Waals surface area (Å²) in [6.45, 7) is 5.36. The molecule has 0 aliphatic heterocycles. The molecule has 0 saturated carbocycles. The molecule has 0 atom stereocenters. The summed E-state index contributed by atoms with van der Waals surface area (Å²) in [5.41, 5.74) is 5.79. The van der Waals surface area contributed by atoms with E-state index in [2.05, 4.69) is 6.92 Å². The van der Waals surface area contributed by atoms with Gasteiger partial charge in [0.2, 0.25) is 0 Å². The van der Waals surface area contributed by atoms with Crippen LogP contribution in [0.5, 0.6) is 0 Å². The molecule has 0 aromatic carbocycles. The minimum absolute atomic E-state index is 0.290. The van der Waals surface area contributed by atoms with E-state index in [1.807, 2.05) is 0 Å². The molecule has 0 saturated heterocycles. The minimum Gasteiger partial charge on any atom is -0.460 e. The number of carbonyl (C=O) groups is 1. The van der Waals surface area contributed by atoms with Crippen molar-refractivity contribution in [3.05, 3.63) is 11.8 Å². The van der Waals surface area contributed by atoms with Crippen LogP contribution in [0.4, 0.5) is 0 Å². The molecule has 0 fully saturated rings. The van der Waals surface area contributed by atoms with Crippen LogP contribution in [0.1, 0.15) is 52.4 Å². The van der Waals surface area contributed by atoms with Gasteiger partial charge in [-0.1, -0.05) is 39.0 Å². The molecule has 0 bridgehead atoms. The Morgan fingerprint density at radius 2 is 1.72 bits per heavy atom. The van der Waals surface area contributed by atoms with Crippen molar-refractivity contribution in [2.24, 2.45) is 5.73 Å². The van der Waals surface area contributed by atoms with Gasteiger partial charge < -0.3 is 15.2 Å². The standard InChI is InChI=1S/C14H27NO3/c1-3-4-5-6-7-8-9-17-10-11-18-14(16)12-13(2)15/h12H,3-11,15H2,1-2H3. The molecule has 0 aliphatic rings. The Hall–Kier alpha value is -1.03. The molecule has 0 amide bonds. The highest BCUT2D eigenvalue weighted by Gasteiger charge is 1.97. The Bertz CT molecular complexity index is 235. The predicted molar refractivity (Wildman–Crippen MR) is 73.1 cm³/mol. The van der Waals surface area contributed by atoms with Crippen molar-refractivity contribution < 1.29 is 14.3 Å². The minimum atomic E-state index is -0.404. The largest absolute Gasteiger partial charge is 0.460 e. The SMILES string of the molecule is CCCCCCCCOCCOC(=O)C=C(C)N. The highest BCUT2D eigenvalue weighted by Crippen LogP contribution is 2.04. The zero-order chi connectivity index (χ0) is 13.6. The highest BCUT2D eigenvalue weighted by molar-refractivity contribution is 5.82. The van der Waals surface area contributed by atoms with Crippen molar-refractivity contribution in [2.75, 3.05) is 19.8 Å². The molecule has 0 aliphatic carbocycles. The number of nitrogens with two attached hydrogens (primary N) is 1. The molecule has 4 heteroatoms. The van der Waals surface area contributed by atoms with Crippen LogP contribution in [0, 0.1) is 0 Å². The third kappa shape index (κ3) is 13.0. The summed E-state index contributed by atoms with van der Waals surface area (Å²) in [5, 5.41) is 0. The van der Waals surface area contributed by atoms with E-state index < -0.39 is 5.97 Å². The van der Waals surface area contributed by atoms with Crippen LogP contribution in [0.3, 0.4) is 0 Å². The topological polar surface area (TPSA) is 61.5 Å². The summed E-state index contributed by atoms with van der Waals surface area (Å²) < 4.78 is 10.3. The van der Waals surface area contributed by atoms with Gasteiger partial charge in [-0.3, -0.25) is 0 Å². The van der Waals surface area contributed by atoms with Crippen LogP contribution >= 0.6 is 0 Å². The van der Waals surface area contributed by atoms with Crippen LogP contribution in [-0.2, 0) is 14.3 Å². The van der Waals surface area contributed by atoms with E-state index in [1.54, 1.807) is 6.92 Å². The third-order valence-electron chi connectivity index (χ3n) is 2.46. The van der Waals surface area contributed by atoms with Crippen molar-refractivity contribution in [1.29, 1.82) is 0 Å². The summed E-state index contributed by atoms with van der Waals surface area (Å²) in [4.78, 5) is 11.1. The summed E-state index contributed by atoms with van der Waals surface area (Å²) in [6, 6.07) is 0. The molecule has 0 rings (SSSR count). The average molecular weight is 257 g/mol. The molecule has 0 radical (unpaired) electrons. The molecular weight excluding hydrogens is 230 g/mol. The predicted octanol–water partition coefficient (Wildman–Crippen LogP) is 2.77. The van der Waals surface area contributed by atoms with Crippen molar-refractivity contribution in [1.82, 2.24) is 0 Å². The van der Waals surface area contributed by atoms with Gasteiger partial charge >= 0.3 is 5.97 Å². The van der Waals surface area contributed by atoms with Gasteiger partial charge in [0.15, 0.2) is 0 Å². The number of allylic oxidation sites excluding steroid dienone is 1. The Kier molecular flexibility index (Phi) is 11.7. The molecule has 0 heterocycles. The van der Waals surface area contributed by atoms with Crippen LogP contribution in [-0.4, -0.2) is 25.8 Å². The summed E-state index contributed by atoms with van der Waals surface area (Å²) in [7, 11) is 0. The molecule has 0 aromatic heterocycles. The Labute approximate surface area is 111 Å². The van der Waals surface area contributed by atoms with Crippen molar-refractivity contribution >= 4 is 5.97 Å². The van der Waals surface area contributed by atoms with Gasteiger partial charge in [-0.2, -0.15) is 0 Å². The van der Waals surface area contributed by atoms with Crippen LogP contribution < -0.4 is 5.73 Å². The zero-order valence-corrected chi connectivity index (χ0v) is 11.7. The number of esters is 1. The number of ether oxygens (including phenoxy) is 2. The average Bonchev–Trinajstić information content (AvgIpc) is 2.30. The van der Waals surface area contributed by atoms with Gasteiger partial charge in [0.1, 0.15) is 6.61 Å². The van der Waals surface area contributed by atoms with Gasteiger partial charge in [0, 0.05) is 18.4 Å². The zero-order valence-electron chi connectivity index (χ0n) is 11.7. The lowest BCUT2D eigenvalue weighted by molar-refractivity contribution is -0.139. The fourth-order valence-electron chi connectivity index (χ4n) is 1.52. The van der Waals surface area contributed by atoms with Gasteiger partial charge in [-0.25, -0.2) is 4.79 Å². The Balaban J connectivity index is 3.16. The Morgan fingerprint density at radius 1 is 1.06 bits per heavy atom. The van der Waals surface area contributed by atoms with Crippen LogP contribution in [0.15, 0.2) is 11.8 Å². The third-order valence-corrected chi connectivity index (χ3v) is 2.46. The van der Waals surface area contributed by atoms with Crippen molar-refractivity contribution in [2.45, 2.75) is 52.4 Å². The first-order valence-corrected chi connectivity index (χ1v) is 6.85. The van der Waals surface area contributed by atoms with Gasteiger partial charge in [0.25, 0.3) is 0 Å². The number of rotatable bonds is 11. The number of hydrogen-bond acceptors (Lipinski definition) is 4. The van der Waals surface area contributed by atoms with E-state index in [0.29, 0.717) is 18.9 Å². The second-order valence-electron chi connectivity index (χ2n) is 4.44. The van der Waals surface area contributed by atoms with E-state index in [-0.39, 0.29) is 0 Å². The van der Waals surface area contributed by atoms with Crippen molar-refractivity contribution in [3.8, 4) is 0 Å². The summed E-state index contributed by atoms with van der Waals surface area (Å²) in [6.07, 6.45) is 8.78. The molecule has 0 unspecified atom stereocenters. The molecule has 18 heavy (non-hydrogen) atoms. The lowest BCUT2D eigenvalue weighted by Gasteiger charge is -2.05. The fraction of sp³-hybridized carbons (Fsp3) is 0.786. The van der Waals surface area contributed by atoms with Gasteiger partial charge in [-0.05, 0) is 13.3 Å². The summed E-state index contributed by atoms with van der Waals surface area (Å²) >= 11 is 0. The van der Waals surface area contributed by atoms with Gasteiger partial charge in [-0.15, -0.1) is 0 Å². The van der Waals surface area contributed by atoms with Crippen LogP contribution in [0.25, 0.3) is 0 Å². The first-order valence-electron chi connectivity index (χ1n) is 6.85. The fourth-order valence-corrected chi connectivity index (χ4v) is 1.52. The lowest BCUT2D eigenvalue weighted by Crippen LogP contribution is -2.10. The quantitative estimate of drug-likeness (QED) is 0.351. The number of carbonyl (C=O) groups excluding carboxylic acids is 1. The van der Waals surface area contributed by atoms with E-state index in [4.69, 9.17) is 15.2 Å². The summed E-state index contributed by atoms with van der Waals surface area (Å²) in [5.74, 6) is -0.404. The maximum absolute atomic E-state index is 11.1. The molecule has 2 N–H and O–H groups in total. The van der Waals surface area contributed by atoms with Gasteiger partial charge in [0.05, 0.1) is 6.61 Å². The maximum Gasteiger partial charge on any atom is 0.332 e. The molecule has 0 aromatic rings. The second-order valence-corrected chi connectivity index (χ2v) is 4.44. The monoisotopic (exact) mass is 257 g/mol.